The van der Waals surface area contributed by atoms with Gasteiger partial charge in [0.15, 0.2) is 5.82 Å². The van der Waals surface area contributed by atoms with Gasteiger partial charge in [-0.3, -0.25) is 4.79 Å². The minimum atomic E-state index is -0.171. The van der Waals surface area contributed by atoms with Crippen LogP contribution in [0, 0.1) is 0 Å². The van der Waals surface area contributed by atoms with E-state index >= 15 is 0 Å². The summed E-state index contributed by atoms with van der Waals surface area (Å²) in [4.78, 5) is 12.1. The molecular weight excluding hydrogens is 346 g/mol. The minimum absolute atomic E-state index is 0.171. The number of carbonyl (C=O) groups excluding carboxylic acids is 1. The molecule has 0 aliphatic carbocycles. The van der Waals surface area contributed by atoms with Crippen molar-refractivity contribution >= 4 is 21.8 Å². The Morgan fingerprint density at radius 2 is 1.82 bits per heavy atom. The number of aromatic nitrogens is 4. The highest BCUT2D eigenvalue weighted by Gasteiger charge is 2.10. The van der Waals surface area contributed by atoms with Crippen molar-refractivity contribution in [1.29, 1.82) is 0 Å². The summed E-state index contributed by atoms with van der Waals surface area (Å²) in [5.41, 5.74) is 1.43. The third-order valence-corrected chi connectivity index (χ3v) is 3.58. The predicted molar refractivity (Wildman–Crippen MR) is 84.5 cm³/mol. The highest BCUT2D eigenvalue weighted by Crippen LogP contribution is 2.11. The van der Waals surface area contributed by atoms with E-state index in [4.69, 9.17) is 0 Å². The molecule has 22 heavy (non-hydrogen) atoms. The van der Waals surface area contributed by atoms with E-state index in [0.717, 1.165) is 10.2 Å². The fourth-order valence-electron chi connectivity index (χ4n) is 1.95. The number of benzene rings is 2. The van der Waals surface area contributed by atoms with Gasteiger partial charge in [0.05, 0.1) is 12.2 Å². The van der Waals surface area contributed by atoms with Gasteiger partial charge in [0.25, 0.3) is 5.91 Å². The average Bonchev–Trinajstić information content (AvgIpc) is 3.02. The van der Waals surface area contributed by atoms with Gasteiger partial charge in [0.2, 0.25) is 0 Å². The summed E-state index contributed by atoms with van der Waals surface area (Å²) in [6.45, 7) is 0.247. The van der Waals surface area contributed by atoms with Crippen LogP contribution in [0.3, 0.4) is 0 Å². The number of nitrogens with one attached hydrogen (secondary N) is 1. The van der Waals surface area contributed by atoms with E-state index in [9.17, 15) is 4.79 Å². The minimum Gasteiger partial charge on any atom is -0.345 e. The van der Waals surface area contributed by atoms with Gasteiger partial charge in [0, 0.05) is 10.0 Å². The quantitative estimate of drug-likeness (QED) is 0.777. The second kappa shape index (κ2) is 6.48. The molecule has 0 radical (unpaired) electrons. The molecule has 2 aromatic carbocycles. The predicted octanol–water partition coefficient (Wildman–Crippen LogP) is 2.35. The van der Waals surface area contributed by atoms with Crippen molar-refractivity contribution < 1.29 is 4.79 Å². The van der Waals surface area contributed by atoms with Gasteiger partial charge in [-0.1, -0.05) is 34.1 Å². The molecule has 110 valence electrons. The molecule has 7 heteroatoms. The van der Waals surface area contributed by atoms with Crippen LogP contribution in [0.1, 0.15) is 16.2 Å². The average molecular weight is 358 g/mol. The lowest BCUT2D eigenvalue weighted by atomic mass is 10.2. The zero-order chi connectivity index (χ0) is 15.4. The smallest absolute Gasteiger partial charge is 0.251 e. The molecule has 0 unspecified atom stereocenters. The molecule has 1 amide bonds. The summed E-state index contributed by atoms with van der Waals surface area (Å²) in [5.74, 6) is 0.395. The SMILES string of the molecule is O=C(NCc1nnnn1-c1ccccc1)c1ccc(Br)cc1. The van der Waals surface area contributed by atoms with E-state index in [1.807, 2.05) is 42.5 Å². The summed E-state index contributed by atoms with van der Waals surface area (Å²) in [7, 11) is 0. The van der Waals surface area contributed by atoms with Crippen molar-refractivity contribution in [1.82, 2.24) is 25.5 Å². The Labute approximate surface area is 135 Å². The van der Waals surface area contributed by atoms with Gasteiger partial charge in [-0.2, -0.15) is 4.68 Å². The van der Waals surface area contributed by atoms with Gasteiger partial charge >= 0.3 is 0 Å². The maximum atomic E-state index is 12.1. The van der Waals surface area contributed by atoms with Crippen LogP contribution >= 0.6 is 15.9 Å². The number of carbonyl (C=O) groups is 1. The Hall–Kier alpha value is -2.54. The number of rotatable bonds is 4. The van der Waals surface area contributed by atoms with E-state index < -0.39 is 0 Å². The Morgan fingerprint density at radius 1 is 1.09 bits per heavy atom. The first kappa shape index (κ1) is 14.4. The molecule has 1 N–H and O–H groups in total. The number of halogens is 1. The van der Waals surface area contributed by atoms with Crippen LogP contribution in [-0.4, -0.2) is 26.1 Å². The zero-order valence-electron chi connectivity index (χ0n) is 11.5. The van der Waals surface area contributed by atoms with Crippen LogP contribution < -0.4 is 5.32 Å². The molecule has 1 aromatic heterocycles. The van der Waals surface area contributed by atoms with Crippen LogP contribution in [0.4, 0.5) is 0 Å². The van der Waals surface area contributed by atoms with Crippen molar-refractivity contribution in [3.05, 3.63) is 70.5 Å². The van der Waals surface area contributed by atoms with Gasteiger partial charge in [0.1, 0.15) is 0 Å². The zero-order valence-corrected chi connectivity index (χ0v) is 13.1. The third kappa shape index (κ3) is 3.20. The first-order chi connectivity index (χ1) is 10.7. The van der Waals surface area contributed by atoms with Crippen molar-refractivity contribution in [3.63, 3.8) is 0 Å². The Kier molecular flexibility index (Phi) is 4.24. The normalized spacial score (nSPS) is 10.4. The molecule has 0 saturated heterocycles. The van der Waals surface area contributed by atoms with E-state index in [0.29, 0.717) is 11.4 Å². The van der Waals surface area contributed by atoms with Crippen LogP contribution in [0.5, 0.6) is 0 Å². The number of tetrazole rings is 1. The topological polar surface area (TPSA) is 72.7 Å². The van der Waals surface area contributed by atoms with Crippen LogP contribution in [0.2, 0.25) is 0 Å². The van der Waals surface area contributed by atoms with E-state index in [1.54, 1.807) is 16.8 Å². The first-order valence-electron chi connectivity index (χ1n) is 6.60. The summed E-state index contributed by atoms with van der Waals surface area (Å²) >= 11 is 3.34. The summed E-state index contributed by atoms with van der Waals surface area (Å²) in [6, 6.07) is 16.7. The molecule has 0 saturated carbocycles. The molecule has 1 heterocycles. The number of amides is 1. The highest BCUT2D eigenvalue weighted by molar-refractivity contribution is 9.10. The molecule has 3 rings (SSSR count). The number of nitrogens with zero attached hydrogens (tertiary/aromatic N) is 4. The van der Waals surface area contributed by atoms with Crippen molar-refractivity contribution in [2.75, 3.05) is 0 Å². The monoisotopic (exact) mass is 357 g/mol. The molecular formula is C15H12BrN5O. The summed E-state index contributed by atoms with van der Waals surface area (Å²) in [6.07, 6.45) is 0. The second-order valence-electron chi connectivity index (χ2n) is 4.53. The Morgan fingerprint density at radius 3 is 2.55 bits per heavy atom. The van der Waals surface area contributed by atoms with Crippen LogP contribution in [0.15, 0.2) is 59.1 Å². The van der Waals surface area contributed by atoms with E-state index in [2.05, 4.69) is 36.8 Å². The maximum Gasteiger partial charge on any atom is 0.251 e. The van der Waals surface area contributed by atoms with Crippen molar-refractivity contribution in [2.45, 2.75) is 6.54 Å². The molecule has 0 aliphatic rings. The van der Waals surface area contributed by atoms with Crippen molar-refractivity contribution in [3.8, 4) is 5.69 Å². The molecule has 0 aliphatic heterocycles. The van der Waals surface area contributed by atoms with Crippen LogP contribution in [0.25, 0.3) is 5.69 Å². The molecule has 0 bridgehead atoms. The first-order valence-corrected chi connectivity index (χ1v) is 7.40. The fourth-order valence-corrected chi connectivity index (χ4v) is 2.21. The van der Waals surface area contributed by atoms with Gasteiger partial charge < -0.3 is 5.32 Å². The lowest BCUT2D eigenvalue weighted by molar-refractivity contribution is 0.0949. The maximum absolute atomic E-state index is 12.1. The number of hydrogen-bond acceptors (Lipinski definition) is 4. The molecule has 0 fully saturated rings. The standard InChI is InChI=1S/C15H12BrN5O/c16-12-8-6-11(7-9-12)15(22)17-10-14-18-19-20-21(14)13-4-2-1-3-5-13/h1-9H,10H2,(H,17,22). The number of para-hydroxylation sites is 1. The van der Waals surface area contributed by atoms with Gasteiger partial charge in [-0.25, -0.2) is 0 Å². The van der Waals surface area contributed by atoms with E-state index in [-0.39, 0.29) is 12.5 Å². The van der Waals surface area contributed by atoms with Gasteiger partial charge in [-0.05, 0) is 46.8 Å². The Balaban J connectivity index is 1.71. The lowest BCUT2D eigenvalue weighted by Gasteiger charge is -2.06. The molecule has 3 aromatic rings. The summed E-state index contributed by atoms with van der Waals surface area (Å²) in [5, 5.41) is 14.4. The molecule has 6 nitrogen and oxygen atoms in total. The van der Waals surface area contributed by atoms with Crippen molar-refractivity contribution in [2.24, 2.45) is 0 Å². The van der Waals surface area contributed by atoms with Crippen LogP contribution in [-0.2, 0) is 6.54 Å². The highest BCUT2D eigenvalue weighted by atomic mass is 79.9. The number of hydrogen-bond donors (Lipinski definition) is 1. The van der Waals surface area contributed by atoms with Gasteiger partial charge in [-0.15, -0.1) is 5.10 Å². The third-order valence-electron chi connectivity index (χ3n) is 3.05. The Bertz CT molecular complexity index is 770. The largest absolute Gasteiger partial charge is 0.345 e. The molecule has 0 spiro atoms. The second-order valence-corrected chi connectivity index (χ2v) is 5.45. The fraction of sp³-hybridized carbons (Fsp3) is 0.0667. The lowest BCUT2D eigenvalue weighted by Crippen LogP contribution is -2.24. The van der Waals surface area contributed by atoms with E-state index in [1.165, 1.54) is 0 Å². The molecule has 0 atom stereocenters. The summed E-state index contributed by atoms with van der Waals surface area (Å²) < 4.78 is 2.53.